The van der Waals surface area contributed by atoms with E-state index in [-0.39, 0.29) is 0 Å². The van der Waals surface area contributed by atoms with E-state index in [9.17, 15) is 20.4 Å². The van der Waals surface area contributed by atoms with Crippen molar-refractivity contribution in [2.75, 3.05) is 6.61 Å². The van der Waals surface area contributed by atoms with E-state index in [1.54, 1.807) is 6.07 Å². The number of hydrogen-bond acceptors (Lipinski definition) is 7. The first kappa shape index (κ1) is 12.3. The molecule has 1 saturated heterocycles. The fraction of sp³-hybridized carbons (Fsp3) is 0.875. The molecule has 86 valence electrons. The first-order valence-corrected chi connectivity index (χ1v) is 4.38. The second-order valence-corrected chi connectivity index (χ2v) is 3.44. The minimum Gasteiger partial charge on any atom is -0.394 e. The van der Waals surface area contributed by atoms with Crippen LogP contribution in [0.5, 0.6) is 0 Å². The molecule has 7 heteroatoms. The van der Waals surface area contributed by atoms with Crippen molar-refractivity contribution in [1.29, 1.82) is 5.26 Å². The molecule has 0 radical (unpaired) electrons. The lowest BCUT2D eigenvalue weighted by Gasteiger charge is -2.44. The van der Waals surface area contributed by atoms with E-state index in [0.717, 1.165) is 0 Å². The van der Waals surface area contributed by atoms with Crippen molar-refractivity contribution >= 4 is 0 Å². The maximum Gasteiger partial charge on any atom is 0.208 e. The van der Waals surface area contributed by atoms with Crippen LogP contribution in [0.3, 0.4) is 0 Å². The quantitative estimate of drug-likeness (QED) is 0.335. The summed E-state index contributed by atoms with van der Waals surface area (Å²) in [4.78, 5) is 0. The number of nitrogens with zero attached hydrogens (tertiary/aromatic N) is 1. The van der Waals surface area contributed by atoms with Crippen LogP contribution in [0.25, 0.3) is 0 Å². The van der Waals surface area contributed by atoms with Gasteiger partial charge < -0.3 is 30.3 Å². The number of hydrogen-bond donors (Lipinski definition) is 5. The third-order valence-electron chi connectivity index (χ3n) is 2.38. The van der Waals surface area contributed by atoms with Crippen LogP contribution in [0, 0.1) is 11.3 Å². The molecule has 0 aliphatic carbocycles. The number of rotatable bonds is 2. The molecule has 1 rings (SSSR count). The van der Waals surface area contributed by atoms with Crippen molar-refractivity contribution in [3.63, 3.8) is 0 Å². The van der Waals surface area contributed by atoms with Gasteiger partial charge in [0.2, 0.25) is 5.79 Å². The Kier molecular flexibility index (Phi) is 3.62. The summed E-state index contributed by atoms with van der Waals surface area (Å²) in [5, 5.41) is 54.9. The first-order chi connectivity index (χ1) is 6.96. The van der Waals surface area contributed by atoms with Gasteiger partial charge in [0.25, 0.3) is 0 Å². The molecular formula is C8H13NO6. The molecule has 0 bridgehead atoms. The van der Waals surface area contributed by atoms with E-state index in [0.29, 0.717) is 0 Å². The van der Waals surface area contributed by atoms with Crippen LogP contribution in [-0.4, -0.2) is 62.3 Å². The Bertz CT molecular complexity index is 264. The predicted octanol–water partition coefficient (Wildman–Crippen LogP) is -2.94. The summed E-state index contributed by atoms with van der Waals surface area (Å²) in [6.45, 7) is -0.640. The van der Waals surface area contributed by atoms with Crippen molar-refractivity contribution in [2.45, 2.75) is 36.6 Å². The highest BCUT2D eigenvalue weighted by molar-refractivity contribution is 4.99. The Labute approximate surface area is 85.8 Å². The summed E-state index contributed by atoms with van der Waals surface area (Å²) in [6, 6.07) is 1.58. The second-order valence-electron chi connectivity index (χ2n) is 3.44. The third-order valence-corrected chi connectivity index (χ3v) is 2.38. The largest absolute Gasteiger partial charge is 0.394 e. The van der Waals surface area contributed by atoms with E-state index in [4.69, 9.17) is 15.1 Å². The molecule has 7 nitrogen and oxygen atoms in total. The number of ether oxygens (including phenoxy) is 1. The van der Waals surface area contributed by atoms with Crippen LogP contribution in [-0.2, 0) is 4.74 Å². The Morgan fingerprint density at radius 2 is 1.87 bits per heavy atom. The summed E-state index contributed by atoms with van der Waals surface area (Å²) >= 11 is 0. The second kappa shape index (κ2) is 4.40. The monoisotopic (exact) mass is 219 g/mol. The zero-order chi connectivity index (χ0) is 11.6. The van der Waals surface area contributed by atoms with Gasteiger partial charge in [-0.05, 0) is 0 Å². The van der Waals surface area contributed by atoms with Gasteiger partial charge in [0, 0.05) is 0 Å². The van der Waals surface area contributed by atoms with Gasteiger partial charge in [-0.15, -0.1) is 0 Å². The van der Waals surface area contributed by atoms with Crippen LogP contribution in [0.1, 0.15) is 6.42 Å². The predicted molar refractivity (Wildman–Crippen MR) is 45.2 cm³/mol. The third kappa shape index (κ3) is 2.10. The smallest absolute Gasteiger partial charge is 0.208 e. The fourth-order valence-electron chi connectivity index (χ4n) is 1.48. The van der Waals surface area contributed by atoms with Gasteiger partial charge >= 0.3 is 0 Å². The minimum absolute atomic E-state index is 0.575. The number of aliphatic hydroxyl groups is 5. The highest BCUT2D eigenvalue weighted by Crippen LogP contribution is 2.30. The molecule has 1 aliphatic rings. The molecular weight excluding hydrogens is 206 g/mol. The van der Waals surface area contributed by atoms with Crippen LogP contribution in [0.4, 0.5) is 0 Å². The van der Waals surface area contributed by atoms with E-state index in [2.05, 4.69) is 0 Å². The highest BCUT2D eigenvalue weighted by Gasteiger charge is 2.52. The SMILES string of the molecule is N#CC[C@@]1(O)O[C@H](CO)[C@@H](O)[C@H](O)[C@H]1O. The Morgan fingerprint density at radius 3 is 2.33 bits per heavy atom. The van der Waals surface area contributed by atoms with Crippen molar-refractivity contribution in [3.8, 4) is 6.07 Å². The molecule has 1 aliphatic heterocycles. The lowest BCUT2D eigenvalue weighted by Crippen LogP contribution is -2.65. The maximum atomic E-state index is 9.65. The van der Waals surface area contributed by atoms with Crippen molar-refractivity contribution in [1.82, 2.24) is 0 Å². The standard InChI is InChI=1S/C8H13NO6/c9-2-1-8(14)7(13)6(12)5(11)4(3-10)15-8/h4-7,10-14H,1,3H2/t4-,5-,6+,7-,8-/m1/s1. The summed E-state index contributed by atoms with van der Waals surface area (Å²) in [5.74, 6) is -2.26. The normalized spacial score (nSPS) is 46.1. The van der Waals surface area contributed by atoms with Gasteiger partial charge in [-0.1, -0.05) is 0 Å². The molecule has 0 aromatic rings. The lowest BCUT2D eigenvalue weighted by molar-refractivity contribution is -0.346. The molecule has 0 saturated carbocycles. The molecule has 0 spiro atoms. The maximum absolute atomic E-state index is 9.65. The first-order valence-electron chi connectivity index (χ1n) is 4.38. The molecule has 0 aromatic carbocycles. The van der Waals surface area contributed by atoms with Gasteiger partial charge in [-0.2, -0.15) is 5.26 Å². The van der Waals surface area contributed by atoms with Crippen LogP contribution >= 0.6 is 0 Å². The van der Waals surface area contributed by atoms with Gasteiger partial charge in [0.05, 0.1) is 19.1 Å². The van der Waals surface area contributed by atoms with Gasteiger partial charge in [-0.3, -0.25) is 0 Å². The Balaban J connectivity index is 2.88. The van der Waals surface area contributed by atoms with E-state index in [1.165, 1.54) is 0 Å². The van der Waals surface area contributed by atoms with Gasteiger partial charge in [0.15, 0.2) is 0 Å². The molecule has 0 amide bonds. The van der Waals surface area contributed by atoms with Crippen LogP contribution in [0.15, 0.2) is 0 Å². The van der Waals surface area contributed by atoms with E-state index in [1.807, 2.05) is 0 Å². The molecule has 1 fully saturated rings. The van der Waals surface area contributed by atoms with Crippen molar-refractivity contribution in [2.24, 2.45) is 0 Å². The Morgan fingerprint density at radius 1 is 1.27 bits per heavy atom. The van der Waals surface area contributed by atoms with E-state index < -0.39 is 43.2 Å². The zero-order valence-corrected chi connectivity index (χ0v) is 7.82. The summed E-state index contributed by atoms with van der Waals surface area (Å²) in [5.41, 5.74) is 0. The molecule has 5 atom stereocenters. The summed E-state index contributed by atoms with van der Waals surface area (Å²) in [7, 11) is 0. The van der Waals surface area contributed by atoms with Gasteiger partial charge in [-0.25, -0.2) is 0 Å². The van der Waals surface area contributed by atoms with Gasteiger partial charge in [0.1, 0.15) is 24.4 Å². The minimum atomic E-state index is -2.26. The topological polar surface area (TPSA) is 134 Å². The zero-order valence-electron chi connectivity index (χ0n) is 7.82. The lowest BCUT2D eigenvalue weighted by atomic mass is 9.91. The average Bonchev–Trinajstić information content (AvgIpc) is 2.21. The van der Waals surface area contributed by atoms with Crippen molar-refractivity contribution in [3.05, 3.63) is 0 Å². The molecule has 15 heavy (non-hydrogen) atoms. The van der Waals surface area contributed by atoms with Crippen LogP contribution < -0.4 is 0 Å². The highest BCUT2D eigenvalue weighted by atomic mass is 16.7. The molecule has 5 N–H and O–H groups in total. The van der Waals surface area contributed by atoms with E-state index >= 15 is 0 Å². The van der Waals surface area contributed by atoms with Crippen LogP contribution in [0.2, 0.25) is 0 Å². The van der Waals surface area contributed by atoms with Crippen molar-refractivity contribution < 1.29 is 30.3 Å². The Hall–Kier alpha value is -0.750. The molecule has 0 unspecified atom stereocenters. The number of nitriles is 1. The summed E-state index contributed by atoms with van der Waals surface area (Å²) < 4.78 is 4.78. The number of aliphatic hydroxyl groups excluding tert-OH is 4. The average molecular weight is 219 g/mol. The molecule has 0 aromatic heterocycles. The fourth-order valence-corrected chi connectivity index (χ4v) is 1.48. The molecule has 1 heterocycles. The summed E-state index contributed by atoms with van der Waals surface area (Å²) in [6.07, 6.45) is -6.79.